The Hall–Kier alpha value is 0.100. The molecule has 0 bridgehead atoms. The third-order valence-electron chi connectivity index (χ3n) is 4.03. The molecule has 4 heteroatoms. The lowest BCUT2D eigenvalue weighted by Crippen LogP contribution is -2.57. The summed E-state index contributed by atoms with van der Waals surface area (Å²) in [6, 6.07) is 3.48. The molecule has 0 aliphatic carbocycles. The van der Waals surface area contributed by atoms with Crippen LogP contribution in [0.25, 0.3) is 0 Å². The summed E-state index contributed by atoms with van der Waals surface area (Å²) in [6.45, 7) is 10.3. The van der Waals surface area contributed by atoms with Crippen LogP contribution < -0.4 is 5.32 Å². The summed E-state index contributed by atoms with van der Waals surface area (Å²) in [5, 5.41) is 5.90. The molecule has 19 heavy (non-hydrogen) atoms. The summed E-state index contributed by atoms with van der Waals surface area (Å²) in [4.78, 5) is 4.15. The third-order valence-corrected chi connectivity index (χ3v) is 5.94. The molecule has 0 saturated carbocycles. The van der Waals surface area contributed by atoms with Gasteiger partial charge in [-0.1, -0.05) is 27.2 Å². The van der Waals surface area contributed by atoms with Crippen LogP contribution in [0.2, 0.25) is 0 Å². The molecule has 0 radical (unpaired) electrons. The van der Waals surface area contributed by atoms with Gasteiger partial charge < -0.3 is 5.32 Å². The molecule has 2 nitrogen and oxygen atoms in total. The Kier molecular flexibility index (Phi) is 5.87. The molecule has 2 atom stereocenters. The van der Waals surface area contributed by atoms with Gasteiger partial charge in [-0.25, -0.2) is 0 Å². The summed E-state index contributed by atoms with van der Waals surface area (Å²) in [6.07, 6.45) is 2.56. The van der Waals surface area contributed by atoms with Gasteiger partial charge in [-0.15, -0.1) is 11.3 Å². The van der Waals surface area contributed by atoms with Crippen molar-refractivity contribution in [3.63, 3.8) is 0 Å². The molecule has 108 valence electrons. The Morgan fingerprint density at radius 3 is 2.89 bits per heavy atom. The second-order valence-corrected chi connectivity index (χ2v) is 7.68. The van der Waals surface area contributed by atoms with Crippen LogP contribution in [-0.2, 0) is 6.54 Å². The van der Waals surface area contributed by atoms with Crippen molar-refractivity contribution in [1.82, 2.24) is 10.2 Å². The van der Waals surface area contributed by atoms with Crippen LogP contribution in [0.5, 0.6) is 0 Å². The van der Waals surface area contributed by atoms with Crippen LogP contribution in [0.15, 0.2) is 15.9 Å². The lowest BCUT2D eigenvalue weighted by Gasteiger charge is -2.42. The number of hydrogen-bond acceptors (Lipinski definition) is 3. The van der Waals surface area contributed by atoms with E-state index in [0.29, 0.717) is 18.0 Å². The van der Waals surface area contributed by atoms with Crippen molar-refractivity contribution < 1.29 is 0 Å². The highest BCUT2D eigenvalue weighted by atomic mass is 79.9. The van der Waals surface area contributed by atoms with Gasteiger partial charge in [0.1, 0.15) is 0 Å². The summed E-state index contributed by atoms with van der Waals surface area (Å²) in [7, 11) is 0. The zero-order valence-corrected chi connectivity index (χ0v) is 14.6. The van der Waals surface area contributed by atoms with Gasteiger partial charge in [0.15, 0.2) is 0 Å². The van der Waals surface area contributed by atoms with Gasteiger partial charge in [-0.05, 0) is 39.7 Å². The predicted octanol–water partition coefficient (Wildman–Crippen LogP) is 4.11. The Balaban J connectivity index is 2.05. The van der Waals surface area contributed by atoms with E-state index in [0.717, 1.165) is 13.1 Å². The maximum atomic E-state index is 3.73. The van der Waals surface area contributed by atoms with Crippen LogP contribution in [0, 0.1) is 5.92 Å². The van der Waals surface area contributed by atoms with Gasteiger partial charge in [0.25, 0.3) is 0 Å². The number of nitrogens with one attached hydrogen (secondary N) is 1. The van der Waals surface area contributed by atoms with Crippen molar-refractivity contribution in [2.45, 2.75) is 52.2 Å². The molecular weight excluding hydrogens is 320 g/mol. The summed E-state index contributed by atoms with van der Waals surface area (Å²) in [5.74, 6) is 0.705. The van der Waals surface area contributed by atoms with E-state index in [1.165, 1.54) is 28.7 Å². The normalized spacial score (nSPS) is 25.1. The van der Waals surface area contributed by atoms with E-state index >= 15 is 0 Å². The second-order valence-electron chi connectivity index (χ2n) is 5.82. The first-order valence-corrected chi connectivity index (χ1v) is 8.98. The van der Waals surface area contributed by atoms with Crippen LogP contribution in [0.3, 0.4) is 0 Å². The molecule has 0 amide bonds. The first-order valence-electron chi connectivity index (χ1n) is 7.31. The molecule has 1 saturated heterocycles. The molecule has 2 rings (SSSR count). The topological polar surface area (TPSA) is 15.3 Å². The van der Waals surface area contributed by atoms with E-state index in [4.69, 9.17) is 0 Å². The van der Waals surface area contributed by atoms with Crippen LogP contribution >= 0.6 is 27.3 Å². The minimum Gasteiger partial charge on any atom is -0.311 e. The number of nitrogens with zero attached hydrogens (tertiary/aromatic N) is 1. The van der Waals surface area contributed by atoms with Crippen LogP contribution in [0.4, 0.5) is 0 Å². The average Bonchev–Trinajstić information content (AvgIpc) is 2.77. The van der Waals surface area contributed by atoms with Crippen molar-refractivity contribution >= 4 is 27.3 Å². The molecule has 2 heterocycles. The number of thiophene rings is 1. The molecule has 1 aromatic heterocycles. The highest BCUT2D eigenvalue weighted by Crippen LogP contribution is 2.27. The smallest absolute Gasteiger partial charge is 0.0343 e. The average molecular weight is 345 g/mol. The highest BCUT2D eigenvalue weighted by molar-refractivity contribution is 9.10. The quantitative estimate of drug-likeness (QED) is 0.864. The van der Waals surface area contributed by atoms with E-state index in [1.807, 2.05) is 11.3 Å². The fourth-order valence-electron chi connectivity index (χ4n) is 2.76. The molecule has 1 aromatic rings. The van der Waals surface area contributed by atoms with E-state index in [2.05, 4.69) is 58.4 Å². The third kappa shape index (κ3) is 4.03. The second kappa shape index (κ2) is 7.21. The van der Waals surface area contributed by atoms with E-state index in [-0.39, 0.29) is 0 Å². The maximum absolute atomic E-state index is 3.73. The number of hydrogen-bond donors (Lipinski definition) is 1. The molecule has 1 aliphatic heterocycles. The number of rotatable bonds is 5. The Labute approximate surface area is 129 Å². The minimum absolute atomic E-state index is 0.631. The molecule has 1 N–H and O–H groups in total. The Morgan fingerprint density at radius 2 is 2.32 bits per heavy atom. The first-order chi connectivity index (χ1) is 9.11. The zero-order valence-electron chi connectivity index (χ0n) is 12.2. The van der Waals surface area contributed by atoms with Crippen molar-refractivity contribution in [1.29, 1.82) is 0 Å². The van der Waals surface area contributed by atoms with Gasteiger partial charge in [0.2, 0.25) is 0 Å². The van der Waals surface area contributed by atoms with Crippen LogP contribution in [-0.4, -0.2) is 30.1 Å². The van der Waals surface area contributed by atoms with Crippen molar-refractivity contribution in [2.24, 2.45) is 5.92 Å². The fourth-order valence-corrected chi connectivity index (χ4v) is 4.27. The maximum Gasteiger partial charge on any atom is 0.0343 e. The van der Waals surface area contributed by atoms with Crippen LogP contribution in [0.1, 0.15) is 38.5 Å². The minimum atomic E-state index is 0.631. The first kappa shape index (κ1) is 15.5. The predicted molar refractivity (Wildman–Crippen MR) is 87.8 cm³/mol. The van der Waals surface area contributed by atoms with Crippen molar-refractivity contribution in [2.75, 3.05) is 13.1 Å². The van der Waals surface area contributed by atoms with E-state index in [1.54, 1.807) is 0 Å². The molecule has 0 aromatic carbocycles. The monoisotopic (exact) mass is 344 g/mol. The standard InChI is InChI=1S/C15H25BrN2S/c1-4-5-12-8-17-14(11(2)3)9-18(12)10-15-13(16)6-7-19-15/h6-7,11-12,14,17H,4-5,8-10H2,1-3H3. The lowest BCUT2D eigenvalue weighted by molar-refractivity contribution is 0.101. The van der Waals surface area contributed by atoms with Gasteiger partial charge >= 0.3 is 0 Å². The Morgan fingerprint density at radius 1 is 1.53 bits per heavy atom. The molecule has 2 unspecified atom stereocenters. The van der Waals surface area contributed by atoms with Crippen molar-refractivity contribution in [3.8, 4) is 0 Å². The number of halogens is 1. The zero-order chi connectivity index (χ0) is 13.8. The summed E-state index contributed by atoms with van der Waals surface area (Å²) in [5.41, 5.74) is 0. The molecule has 0 spiro atoms. The molecule has 1 aliphatic rings. The SMILES string of the molecule is CCCC1CNC(C(C)C)CN1Cc1sccc1Br. The van der Waals surface area contributed by atoms with Gasteiger partial charge in [-0.2, -0.15) is 0 Å². The van der Waals surface area contributed by atoms with E-state index in [9.17, 15) is 0 Å². The largest absolute Gasteiger partial charge is 0.311 e. The highest BCUT2D eigenvalue weighted by Gasteiger charge is 2.29. The van der Waals surface area contributed by atoms with E-state index < -0.39 is 0 Å². The van der Waals surface area contributed by atoms with Crippen molar-refractivity contribution in [3.05, 3.63) is 20.8 Å². The number of piperazine rings is 1. The van der Waals surface area contributed by atoms with Gasteiger partial charge in [0.05, 0.1) is 0 Å². The molecular formula is C15H25BrN2S. The molecule has 1 fully saturated rings. The summed E-state index contributed by atoms with van der Waals surface area (Å²) < 4.78 is 1.27. The van der Waals surface area contributed by atoms with Gasteiger partial charge in [-0.3, -0.25) is 4.90 Å². The lowest BCUT2D eigenvalue weighted by atomic mass is 9.97. The Bertz CT molecular complexity index is 391. The summed E-state index contributed by atoms with van der Waals surface area (Å²) >= 11 is 5.53. The fraction of sp³-hybridized carbons (Fsp3) is 0.733. The van der Waals surface area contributed by atoms with Gasteiger partial charge in [0, 0.05) is 41.1 Å².